The highest BCUT2D eigenvalue weighted by Gasteiger charge is 2.36. The molecular formula is C14H26N4OS2. The average Bonchev–Trinajstić information content (AvgIpc) is 2.94. The minimum absolute atomic E-state index is 0.0962. The van der Waals surface area contributed by atoms with Crippen molar-refractivity contribution in [1.29, 1.82) is 0 Å². The zero-order valence-electron chi connectivity index (χ0n) is 13.1. The van der Waals surface area contributed by atoms with Crippen LogP contribution in [0.1, 0.15) is 39.0 Å². The summed E-state index contributed by atoms with van der Waals surface area (Å²) < 4.78 is 1.04. The molecule has 2 unspecified atom stereocenters. The monoisotopic (exact) mass is 330 g/mol. The van der Waals surface area contributed by atoms with Crippen LogP contribution in [0, 0.1) is 0 Å². The van der Waals surface area contributed by atoms with Gasteiger partial charge in [0.1, 0.15) is 0 Å². The topological polar surface area (TPSA) is 61.3 Å². The van der Waals surface area contributed by atoms with Crippen molar-refractivity contribution in [3.05, 3.63) is 0 Å². The molecule has 2 rings (SSSR count). The summed E-state index contributed by atoms with van der Waals surface area (Å²) >= 11 is 3.47. The second-order valence-electron chi connectivity index (χ2n) is 5.95. The van der Waals surface area contributed by atoms with Crippen LogP contribution in [-0.4, -0.2) is 53.3 Å². The number of thioether (sulfide) groups is 1. The number of aliphatic hydroxyl groups excluding tert-OH is 1. The van der Waals surface area contributed by atoms with Gasteiger partial charge in [0, 0.05) is 24.9 Å². The lowest BCUT2D eigenvalue weighted by Gasteiger charge is -2.40. The van der Waals surface area contributed by atoms with Gasteiger partial charge in [-0.15, -0.1) is 10.2 Å². The Kier molecular flexibility index (Phi) is 6.28. The van der Waals surface area contributed by atoms with Crippen LogP contribution in [0.3, 0.4) is 0 Å². The van der Waals surface area contributed by atoms with Crippen molar-refractivity contribution in [2.45, 2.75) is 54.2 Å². The van der Waals surface area contributed by atoms with E-state index in [4.69, 9.17) is 0 Å². The van der Waals surface area contributed by atoms with Crippen molar-refractivity contribution >= 4 is 28.2 Å². The molecule has 7 heteroatoms. The first-order valence-electron chi connectivity index (χ1n) is 7.62. The molecule has 1 aliphatic rings. The van der Waals surface area contributed by atoms with Gasteiger partial charge >= 0.3 is 0 Å². The largest absolute Gasteiger partial charge is 0.394 e. The number of hydrogen-bond acceptors (Lipinski definition) is 7. The molecule has 5 nitrogen and oxygen atoms in total. The first-order valence-corrected chi connectivity index (χ1v) is 9.31. The maximum absolute atomic E-state index is 9.83. The number of rotatable bonds is 7. The number of aliphatic hydroxyl groups is 1. The zero-order valence-corrected chi connectivity index (χ0v) is 14.8. The highest BCUT2D eigenvalue weighted by atomic mass is 32.2. The van der Waals surface area contributed by atoms with Crippen LogP contribution in [0.2, 0.25) is 0 Å². The summed E-state index contributed by atoms with van der Waals surface area (Å²) in [4.78, 5) is 1.99. The van der Waals surface area contributed by atoms with E-state index in [-0.39, 0.29) is 12.1 Å². The Morgan fingerprint density at radius 1 is 1.48 bits per heavy atom. The average molecular weight is 331 g/mol. The van der Waals surface area contributed by atoms with Gasteiger partial charge < -0.3 is 15.3 Å². The molecule has 0 spiro atoms. The summed E-state index contributed by atoms with van der Waals surface area (Å²) in [6.07, 6.45) is 5.53. The van der Waals surface area contributed by atoms with Crippen molar-refractivity contribution in [1.82, 2.24) is 15.5 Å². The standard InChI is InChI=1S/C14H26N4OS2/c1-4-8-15-14(10-19)7-5-6-11(9-14)20-13-17-16-12(21-13)18(2)3/h11,15,19H,4-10H2,1-3H3. The highest BCUT2D eigenvalue weighted by molar-refractivity contribution is 8.01. The molecule has 0 saturated heterocycles. The fourth-order valence-corrected chi connectivity index (χ4v) is 5.12. The van der Waals surface area contributed by atoms with Gasteiger partial charge in [-0.3, -0.25) is 0 Å². The van der Waals surface area contributed by atoms with E-state index in [9.17, 15) is 5.11 Å². The molecule has 1 aliphatic carbocycles. The third-order valence-electron chi connectivity index (χ3n) is 3.90. The molecule has 120 valence electrons. The summed E-state index contributed by atoms with van der Waals surface area (Å²) in [6, 6.07) is 0. The first kappa shape index (κ1) is 17.0. The molecule has 1 aromatic heterocycles. The zero-order chi connectivity index (χ0) is 15.3. The summed E-state index contributed by atoms with van der Waals surface area (Å²) in [5.41, 5.74) is -0.0962. The number of nitrogens with one attached hydrogen (secondary N) is 1. The highest BCUT2D eigenvalue weighted by Crippen LogP contribution is 2.39. The molecule has 1 aromatic rings. The number of anilines is 1. The van der Waals surface area contributed by atoms with Crippen molar-refractivity contribution < 1.29 is 5.11 Å². The van der Waals surface area contributed by atoms with Crippen LogP contribution in [0.15, 0.2) is 4.34 Å². The van der Waals surface area contributed by atoms with Gasteiger partial charge in [0.15, 0.2) is 4.34 Å². The molecular weight excluding hydrogens is 304 g/mol. The second-order valence-corrected chi connectivity index (χ2v) is 8.45. The SMILES string of the molecule is CCCNC1(CO)CCCC(Sc2nnc(N(C)C)s2)C1. The molecule has 0 radical (unpaired) electrons. The molecule has 2 atom stereocenters. The summed E-state index contributed by atoms with van der Waals surface area (Å²) in [5, 5.41) is 23.3. The lowest BCUT2D eigenvalue weighted by Crippen LogP contribution is -2.52. The second kappa shape index (κ2) is 7.76. The van der Waals surface area contributed by atoms with Crippen LogP contribution >= 0.6 is 23.1 Å². The van der Waals surface area contributed by atoms with Gasteiger partial charge in [-0.2, -0.15) is 0 Å². The molecule has 0 aromatic carbocycles. The molecule has 2 N–H and O–H groups in total. The summed E-state index contributed by atoms with van der Waals surface area (Å²) in [7, 11) is 3.97. The normalized spacial score (nSPS) is 26.0. The first-order chi connectivity index (χ1) is 10.1. The van der Waals surface area contributed by atoms with E-state index in [1.807, 2.05) is 30.8 Å². The Labute approximate surface area is 135 Å². The van der Waals surface area contributed by atoms with Crippen LogP contribution < -0.4 is 10.2 Å². The molecule has 0 bridgehead atoms. The van der Waals surface area contributed by atoms with Crippen LogP contribution in [-0.2, 0) is 0 Å². The predicted octanol–water partition coefficient (Wildman–Crippen LogP) is 2.37. The van der Waals surface area contributed by atoms with E-state index < -0.39 is 0 Å². The molecule has 1 fully saturated rings. The molecule has 0 aliphatic heterocycles. The summed E-state index contributed by atoms with van der Waals surface area (Å²) in [6.45, 7) is 3.36. The van der Waals surface area contributed by atoms with Crippen molar-refractivity contribution in [3.8, 4) is 0 Å². The quantitative estimate of drug-likeness (QED) is 0.800. The molecule has 1 heterocycles. The van der Waals surface area contributed by atoms with Crippen LogP contribution in [0.25, 0.3) is 0 Å². The molecule has 1 saturated carbocycles. The van der Waals surface area contributed by atoms with E-state index >= 15 is 0 Å². The van der Waals surface area contributed by atoms with Crippen molar-refractivity contribution in [2.75, 3.05) is 32.1 Å². The summed E-state index contributed by atoms with van der Waals surface area (Å²) in [5.74, 6) is 0. The van der Waals surface area contributed by atoms with E-state index in [2.05, 4.69) is 22.4 Å². The van der Waals surface area contributed by atoms with Gasteiger partial charge in [-0.1, -0.05) is 36.4 Å². The minimum Gasteiger partial charge on any atom is -0.394 e. The third-order valence-corrected chi connectivity index (χ3v) is 6.34. The van der Waals surface area contributed by atoms with E-state index in [1.165, 1.54) is 6.42 Å². The molecule has 0 amide bonds. The van der Waals surface area contributed by atoms with Gasteiger partial charge in [-0.25, -0.2) is 0 Å². The van der Waals surface area contributed by atoms with Gasteiger partial charge in [0.25, 0.3) is 0 Å². The number of aromatic nitrogens is 2. The van der Waals surface area contributed by atoms with E-state index in [0.29, 0.717) is 5.25 Å². The molecule has 21 heavy (non-hydrogen) atoms. The number of hydrogen-bond donors (Lipinski definition) is 2. The minimum atomic E-state index is -0.0962. The maximum atomic E-state index is 9.83. The Hall–Kier alpha value is -0.370. The Morgan fingerprint density at radius 3 is 2.90 bits per heavy atom. The van der Waals surface area contributed by atoms with Crippen molar-refractivity contribution in [2.24, 2.45) is 0 Å². The fourth-order valence-electron chi connectivity index (χ4n) is 2.73. The maximum Gasteiger partial charge on any atom is 0.208 e. The van der Waals surface area contributed by atoms with Crippen LogP contribution in [0.5, 0.6) is 0 Å². The Bertz CT molecular complexity index is 440. The fraction of sp³-hybridized carbons (Fsp3) is 0.857. The van der Waals surface area contributed by atoms with Crippen molar-refractivity contribution in [3.63, 3.8) is 0 Å². The predicted molar refractivity (Wildman–Crippen MR) is 90.5 cm³/mol. The van der Waals surface area contributed by atoms with Gasteiger partial charge in [0.2, 0.25) is 5.13 Å². The van der Waals surface area contributed by atoms with Gasteiger partial charge in [-0.05, 0) is 32.2 Å². The Morgan fingerprint density at radius 2 is 2.29 bits per heavy atom. The lowest BCUT2D eigenvalue weighted by molar-refractivity contribution is 0.124. The van der Waals surface area contributed by atoms with E-state index in [0.717, 1.165) is 41.7 Å². The lowest BCUT2D eigenvalue weighted by atomic mass is 9.82. The van der Waals surface area contributed by atoms with Crippen LogP contribution in [0.4, 0.5) is 5.13 Å². The Balaban J connectivity index is 1.96. The number of nitrogens with zero attached hydrogens (tertiary/aromatic N) is 3. The smallest absolute Gasteiger partial charge is 0.208 e. The van der Waals surface area contributed by atoms with Gasteiger partial charge in [0.05, 0.1) is 6.61 Å². The third kappa shape index (κ3) is 4.55. The van der Waals surface area contributed by atoms with E-state index in [1.54, 1.807) is 11.3 Å².